The second-order valence-electron chi connectivity index (χ2n) is 5.39. The Morgan fingerprint density at radius 3 is 2.57 bits per heavy atom. The van der Waals surface area contributed by atoms with Gasteiger partial charge in [-0.05, 0) is 45.4 Å². The monoisotopic (exact) mass is 316 g/mol. The minimum Gasteiger partial charge on any atom is -0.478 e. The number of pyridine rings is 1. The molecular formula is C16H20N4O3. The molecule has 2 aromatic heterocycles. The van der Waals surface area contributed by atoms with E-state index < -0.39 is 5.97 Å². The van der Waals surface area contributed by atoms with Gasteiger partial charge >= 0.3 is 5.97 Å². The van der Waals surface area contributed by atoms with Crippen molar-refractivity contribution in [2.75, 3.05) is 6.54 Å². The van der Waals surface area contributed by atoms with Crippen LogP contribution >= 0.6 is 0 Å². The lowest BCUT2D eigenvalue weighted by molar-refractivity contribution is 0.0694. The molecule has 0 aliphatic heterocycles. The van der Waals surface area contributed by atoms with Crippen molar-refractivity contribution in [3.8, 4) is 0 Å². The van der Waals surface area contributed by atoms with Crippen molar-refractivity contribution >= 4 is 11.9 Å². The van der Waals surface area contributed by atoms with Crippen molar-refractivity contribution in [3.63, 3.8) is 0 Å². The number of hydrogen-bond donors (Lipinski definition) is 2. The van der Waals surface area contributed by atoms with E-state index in [9.17, 15) is 9.59 Å². The number of rotatable bonds is 6. The van der Waals surface area contributed by atoms with Gasteiger partial charge in [0.1, 0.15) is 5.69 Å². The number of carbonyl (C=O) groups excluding carboxylic acids is 1. The highest BCUT2D eigenvalue weighted by Gasteiger charge is 2.12. The third kappa shape index (κ3) is 4.15. The van der Waals surface area contributed by atoms with E-state index >= 15 is 0 Å². The Labute approximate surface area is 134 Å². The molecule has 0 spiro atoms. The van der Waals surface area contributed by atoms with Crippen LogP contribution < -0.4 is 5.32 Å². The molecule has 2 heterocycles. The summed E-state index contributed by atoms with van der Waals surface area (Å²) in [5.41, 5.74) is 2.72. The van der Waals surface area contributed by atoms with E-state index in [4.69, 9.17) is 5.11 Å². The van der Waals surface area contributed by atoms with Gasteiger partial charge in [0.15, 0.2) is 0 Å². The van der Waals surface area contributed by atoms with E-state index in [1.54, 1.807) is 6.92 Å². The summed E-state index contributed by atoms with van der Waals surface area (Å²) in [6, 6.07) is 4.83. The van der Waals surface area contributed by atoms with Crippen molar-refractivity contribution in [2.24, 2.45) is 0 Å². The van der Waals surface area contributed by atoms with Crippen LogP contribution in [0.5, 0.6) is 0 Å². The number of nitrogens with zero attached hydrogens (tertiary/aromatic N) is 3. The molecule has 2 N–H and O–H groups in total. The Hall–Kier alpha value is -2.70. The zero-order valence-corrected chi connectivity index (χ0v) is 13.5. The van der Waals surface area contributed by atoms with E-state index in [1.807, 2.05) is 24.6 Å². The lowest BCUT2D eigenvalue weighted by Gasteiger charge is -2.07. The Morgan fingerprint density at radius 2 is 2.00 bits per heavy atom. The van der Waals surface area contributed by atoms with Gasteiger partial charge in [-0.15, -0.1) is 0 Å². The molecule has 2 rings (SSSR count). The number of amides is 1. The van der Waals surface area contributed by atoms with Gasteiger partial charge < -0.3 is 10.4 Å². The number of nitrogens with one attached hydrogen (secondary N) is 1. The van der Waals surface area contributed by atoms with Gasteiger partial charge in [-0.3, -0.25) is 9.48 Å². The summed E-state index contributed by atoms with van der Waals surface area (Å²) >= 11 is 0. The number of carboxylic acid groups (broad SMARTS) is 1. The maximum atomic E-state index is 12.0. The number of aromatic carboxylic acids is 1. The molecule has 0 atom stereocenters. The lowest BCUT2D eigenvalue weighted by Crippen LogP contribution is -2.26. The van der Waals surface area contributed by atoms with E-state index in [1.165, 1.54) is 12.1 Å². The average Bonchev–Trinajstić information content (AvgIpc) is 2.80. The summed E-state index contributed by atoms with van der Waals surface area (Å²) in [5, 5.41) is 16.1. The quantitative estimate of drug-likeness (QED) is 0.791. The van der Waals surface area contributed by atoms with Crippen LogP contribution in [0.3, 0.4) is 0 Å². The maximum absolute atomic E-state index is 12.0. The predicted octanol–water partition coefficient (Wildman–Crippen LogP) is 1.72. The third-order valence-corrected chi connectivity index (χ3v) is 3.48. The molecule has 23 heavy (non-hydrogen) atoms. The minimum absolute atomic E-state index is 0.103. The van der Waals surface area contributed by atoms with Crippen molar-refractivity contribution in [1.29, 1.82) is 0 Å². The molecule has 0 bridgehead atoms. The second-order valence-corrected chi connectivity index (χ2v) is 5.39. The third-order valence-electron chi connectivity index (χ3n) is 3.48. The smallest absolute Gasteiger partial charge is 0.337 e. The average molecular weight is 316 g/mol. The molecule has 0 saturated carbocycles. The Balaban J connectivity index is 1.86. The first-order chi connectivity index (χ1) is 10.9. The van der Waals surface area contributed by atoms with Crippen molar-refractivity contribution in [2.45, 2.75) is 33.7 Å². The highest BCUT2D eigenvalue weighted by Crippen LogP contribution is 2.07. The molecule has 7 nitrogen and oxygen atoms in total. The summed E-state index contributed by atoms with van der Waals surface area (Å²) in [6.07, 6.45) is 0.750. The van der Waals surface area contributed by atoms with Gasteiger partial charge in [0.2, 0.25) is 0 Å². The van der Waals surface area contributed by atoms with Crippen LogP contribution in [-0.2, 0) is 6.54 Å². The zero-order valence-electron chi connectivity index (χ0n) is 13.5. The van der Waals surface area contributed by atoms with Crippen LogP contribution in [0.4, 0.5) is 0 Å². The molecule has 122 valence electrons. The largest absolute Gasteiger partial charge is 0.478 e. The SMILES string of the molecule is Cc1cc(C)n(CCCNC(=O)c2ccc(C(=O)O)c(C)n2)n1. The maximum Gasteiger partial charge on any atom is 0.337 e. The van der Waals surface area contributed by atoms with Gasteiger partial charge in [0, 0.05) is 18.8 Å². The number of aromatic nitrogens is 3. The molecule has 1 amide bonds. The molecule has 0 aliphatic carbocycles. The molecule has 0 radical (unpaired) electrons. The van der Waals surface area contributed by atoms with E-state index in [-0.39, 0.29) is 17.2 Å². The molecule has 0 unspecified atom stereocenters. The predicted molar refractivity (Wildman–Crippen MR) is 84.6 cm³/mol. The molecule has 2 aromatic rings. The first kappa shape index (κ1) is 16.7. The molecular weight excluding hydrogens is 296 g/mol. The van der Waals surface area contributed by atoms with Gasteiger partial charge in [-0.25, -0.2) is 9.78 Å². The highest BCUT2D eigenvalue weighted by atomic mass is 16.4. The Bertz CT molecular complexity index is 737. The number of carboxylic acids is 1. The van der Waals surface area contributed by atoms with E-state index in [0.29, 0.717) is 12.2 Å². The van der Waals surface area contributed by atoms with Crippen LogP contribution in [-0.4, -0.2) is 38.3 Å². The molecule has 0 aliphatic rings. The van der Waals surface area contributed by atoms with Crippen LogP contribution in [0, 0.1) is 20.8 Å². The topological polar surface area (TPSA) is 97.1 Å². The van der Waals surface area contributed by atoms with Crippen molar-refractivity contribution in [3.05, 3.63) is 46.5 Å². The second kappa shape index (κ2) is 7.04. The minimum atomic E-state index is -1.05. The summed E-state index contributed by atoms with van der Waals surface area (Å²) in [7, 11) is 0. The van der Waals surface area contributed by atoms with E-state index in [0.717, 1.165) is 24.4 Å². The van der Waals surface area contributed by atoms with Crippen LogP contribution in [0.15, 0.2) is 18.2 Å². The van der Waals surface area contributed by atoms with Crippen LogP contribution in [0.2, 0.25) is 0 Å². The summed E-state index contributed by atoms with van der Waals surface area (Å²) in [4.78, 5) is 27.0. The van der Waals surface area contributed by atoms with Gasteiger partial charge in [0.05, 0.1) is 17.0 Å². The first-order valence-electron chi connectivity index (χ1n) is 7.38. The number of carbonyl (C=O) groups is 2. The fourth-order valence-corrected chi connectivity index (χ4v) is 2.34. The van der Waals surface area contributed by atoms with Gasteiger partial charge in [0.25, 0.3) is 5.91 Å². The fourth-order valence-electron chi connectivity index (χ4n) is 2.34. The summed E-state index contributed by atoms with van der Waals surface area (Å²) in [6.45, 7) is 6.74. The highest BCUT2D eigenvalue weighted by molar-refractivity contribution is 5.94. The van der Waals surface area contributed by atoms with Crippen LogP contribution in [0.1, 0.15) is 44.3 Å². The molecule has 0 aromatic carbocycles. The molecule has 0 fully saturated rings. The van der Waals surface area contributed by atoms with Crippen molar-refractivity contribution < 1.29 is 14.7 Å². The van der Waals surface area contributed by atoms with E-state index in [2.05, 4.69) is 15.4 Å². The summed E-state index contributed by atoms with van der Waals surface area (Å²) in [5.74, 6) is -1.36. The molecule has 7 heteroatoms. The lowest BCUT2D eigenvalue weighted by atomic mass is 10.2. The Morgan fingerprint density at radius 1 is 1.26 bits per heavy atom. The normalized spacial score (nSPS) is 10.6. The van der Waals surface area contributed by atoms with Crippen molar-refractivity contribution in [1.82, 2.24) is 20.1 Å². The van der Waals surface area contributed by atoms with Crippen LogP contribution in [0.25, 0.3) is 0 Å². The number of aryl methyl sites for hydroxylation is 4. The van der Waals surface area contributed by atoms with Gasteiger partial charge in [-0.1, -0.05) is 0 Å². The molecule has 0 saturated heterocycles. The Kier molecular flexibility index (Phi) is 5.10. The fraction of sp³-hybridized carbons (Fsp3) is 0.375. The standard InChI is InChI=1S/C16H20N4O3/c1-10-9-11(2)20(19-10)8-4-7-17-15(21)14-6-5-13(16(22)23)12(3)18-14/h5-6,9H,4,7-8H2,1-3H3,(H,17,21)(H,22,23). The first-order valence-corrected chi connectivity index (χ1v) is 7.38. The summed E-state index contributed by atoms with van der Waals surface area (Å²) < 4.78 is 1.91. The zero-order chi connectivity index (χ0) is 17.0. The van der Waals surface area contributed by atoms with Gasteiger partial charge in [-0.2, -0.15) is 5.10 Å². The number of hydrogen-bond acceptors (Lipinski definition) is 4.